The summed E-state index contributed by atoms with van der Waals surface area (Å²) in [7, 11) is 1.55. The lowest BCUT2D eigenvalue weighted by molar-refractivity contribution is 0.343. The molecule has 0 spiro atoms. The highest BCUT2D eigenvalue weighted by Crippen LogP contribution is 2.53. The van der Waals surface area contributed by atoms with Crippen LogP contribution in [0.3, 0.4) is 0 Å². The summed E-state index contributed by atoms with van der Waals surface area (Å²) in [6.45, 7) is 0. The van der Waals surface area contributed by atoms with Crippen LogP contribution in [0.15, 0.2) is 54.6 Å². The van der Waals surface area contributed by atoms with E-state index in [2.05, 4.69) is 5.32 Å². The molecule has 3 aromatic carbocycles. The number of methoxy groups -OCH3 is 1. The average molecular weight is 415 g/mol. The maximum Gasteiger partial charge on any atom is 0.160 e. The van der Waals surface area contributed by atoms with E-state index in [-0.39, 0.29) is 35.2 Å². The Morgan fingerprint density at radius 3 is 2.68 bits per heavy atom. The van der Waals surface area contributed by atoms with Crippen LogP contribution >= 0.6 is 0 Å². The number of phenols is 2. The van der Waals surface area contributed by atoms with Gasteiger partial charge in [0.25, 0.3) is 0 Å². The number of hydrogen-bond acceptors (Lipinski definition) is 5. The number of ether oxygens (including phenoxy) is 1. The highest BCUT2D eigenvalue weighted by atomic mass is 16.5. The Morgan fingerprint density at radius 2 is 1.90 bits per heavy atom. The van der Waals surface area contributed by atoms with E-state index in [1.807, 2.05) is 42.5 Å². The van der Waals surface area contributed by atoms with E-state index in [9.17, 15) is 10.2 Å². The van der Waals surface area contributed by atoms with Crippen molar-refractivity contribution in [3.05, 3.63) is 82.4 Å². The molecule has 0 aromatic heterocycles. The van der Waals surface area contributed by atoms with Gasteiger partial charge in [0.2, 0.25) is 0 Å². The molecule has 6 nitrogen and oxygen atoms in total. The quantitative estimate of drug-likeness (QED) is 0.324. The number of anilines is 1. The van der Waals surface area contributed by atoms with Crippen molar-refractivity contribution >= 4 is 11.5 Å². The number of hydrogen-bond donors (Lipinski definition) is 5. The second-order valence-electron chi connectivity index (χ2n) is 8.33. The molecule has 0 radical (unpaired) electrons. The molecular weight excluding hydrogens is 390 g/mol. The minimum atomic E-state index is 0.0251. The number of aryl methyl sites for hydroxylation is 1. The van der Waals surface area contributed by atoms with Gasteiger partial charge >= 0.3 is 0 Å². The van der Waals surface area contributed by atoms with Gasteiger partial charge in [-0.2, -0.15) is 0 Å². The minimum Gasteiger partial charge on any atom is -0.508 e. The second-order valence-corrected chi connectivity index (χ2v) is 8.33. The zero-order valence-electron chi connectivity index (χ0n) is 17.2. The minimum absolute atomic E-state index is 0.0251. The van der Waals surface area contributed by atoms with Crippen molar-refractivity contribution in [2.45, 2.75) is 24.8 Å². The molecule has 6 N–H and O–H groups in total. The van der Waals surface area contributed by atoms with E-state index in [1.165, 1.54) is 5.56 Å². The summed E-state index contributed by atoms with van der Waals surface area (Å²) in [5, 5.41) is 31.7. The molecule has 1 aliphatic carbocycles. The van der Waals surface area contributed by atoms with Crippen LogP contribution in [-0.2, 0) is 6.42 Å². The molecule has 3 atom stereocenters. The summed E-state index contributed by atoms with van der Waals surface area (Å²) in [5.74, 6) is 1.25. The van der Waals surface area contributed by atoms with Crippen LogP contribution in [0.25, 0.3) is 0 Å². The second kappa shape index (κ2) is 7.23. The molecular formula is C25H25N3O3. The SMILES string of the molecule is COc1cc(C2Nc3ccc(C(=N)N)cc3C3c4ccc(O)cc4CCC23)ccc1O. The highest BCUT2D eigenvalue weighted by molar-refractivity contribution is 5.95. The Morgan fingerprint density at radius 1 is 1.06 bits per heavy atom. The van der Waals surface area contributed by atoms with Gasteiger partial charge < -0.3 is 26.0 Å². The topological polar surface area (TPSA) is 112 Å². The molecule has 6 heteroatoms. The molecule has 5 rings (SSSR count). The van der Waals surface area contributed by atoms with Gasteiger partial charge in [-0.25, -0.2) is 0 Å². The molecule has 0 fully saturated rings. The van der Waals surface area contributed by atoms with Crippen molar-refractivity contribution in [2.24, 2.45) is 11.7 Å². The van der Waals surface area contributed by atoms with Crippen LogP contribution in [0.2, 0.25) is 0 Å². The Hall–Kier alpha value is -3.67. The van der Waals surface area contributed by atoms with Crippen molar-refractivity contribution in [2.75, 3.05) is 12.4 Å². The van der Waals surface area contributed by atoms with E-state index < -0.39 is 0 Å². The van der Waals surface area contributed by atoms with Crippen molar-refractivity contribution in [3.8, 4) is 17.2 Å². The summed E-state index contributed by atoms with van der Waals surface area (Å²) >= 11 is 0. The summed E-state index contributed by atoms with van der Waals surface area (Å²) in [4.78, 5) is 0. The van der Waals surface area contributed by atoms with Crippen LogP contribution in [0.1, 0.15) is 46.2 Å². The first-order valence-corrected chi connectivity index (χ1v) is 10.4. The third-order valence-corrected chi connectivity index (χ3v) is 6.64. The Bertz CT molecular complexity index is 1190. The fourth-order valence-electron chi connectivity index (χ4n) is 5.20. The van der Waals surface area contributed by atoms with Crippen LogP contribution in [-0.4, -0.2) is 23.2 Å². The molecule has 0 saturated carbocycles. The fourth-order valence-corrected chi connectivity index (χ4v) is 5.20. The summed E-state index contributed by atoms with van der Waals surface area (Å²) < 4.78 is 5.35. The molecule has 0 bridgehead atoms. The van der Waals surface area contributed by atoms with Crippen molar-refractivity contribution in [1.29, 1.82) is 5.41 Å². The summed E-state index contributed by atoms with van der Waals surface area (Å²) in [5.41, 5.74) is 12.0. The van der Waals surface area contributed by atoms with E-state index in [1.54, 1.807) is 19.2 Å². The Balaban J connectivity index is 1.69. The molecule has 1 aliphatic heterocycles. The fraction of sp³-hybridized carbons (Fsp3) is 0.240. The van der Waals surface area contributed by atoms with Crippen LogP contribution in [0.5, 0.6) is 17.2 Å². The molecule has 3 unspecified atom stereocenters. The summed E-state index contributed by atoms with van der Waals surface area (Å²) in [6, 6.07) is 17.0. The normalized spacial score (nSPS) is 21.3. The lowest BCUT2D eigenvalue weighted by atomic mass is 9.65. The van der Waals surface area contributed by atoms with E-state index in [0.29, 0.717) is 11.3 Å². The van der Waals surface area contributed by atoms with Crippen molar-refractivity contribution < 1.29 is 14.9 Å². The third-order valence-electron chi connectivity index (χ3n) is 6.64. The highest BCUT2D eigenvalue weighted by Gasteiger charge is 2.41. The zero-order chi connectivity index (χ0) is 21.7. The monoisotopic (exact) mass is 415 g/mol. The molecule has 0 amide bonds. The van der Waals surface area contributed by atoms with E-state index >= 15 is 0 Å². The lowest BCUT2D eigenvalue weighted by Gasteiger charge is -2.45. The van der Waals surface area contributed by atoms with Gasteiger partial charge in [0, 0.05) is 17.2 Å². The predicted octanol–water partition coefficient (Wildman–Crippen LogP) is 4.25. The predicted molar refractivity (Wildman–Crippen MR) is 120 cm³/mol. The molecule has 0 saturated heterocycles. The maximum atomic E-state index is 10.1. The number of nitrogen functional groups attached to an aromatic ring is 1. The molecule has 158 valence electrons. The van der Waals surface area contributed by atoms with E-state index in [0.717, 1.165) is 35.2 Å². The molecule has 3 aromatic rings. The van der Waals surface area contributed by atoms with Gasteiger partial charge in [-0.15, -0.1) is 0 Å². The maximum absolute atomic E-state index is 10.1. The largest absolute Gasteiger partial charge is 0.508 e. The molecule has 1 heterocycles. The van der Waals surface area contributed by atoms with Crippen molar-refractivity contribution in [1.82, 2.24) is 0 Å². The Kier molecular flexibility index (Phi) is 4.50. The first kappa shape index (κ1) is 19.3. The number of amidine groups is 1. The first-order chi connectivity index (χ1) is 15.0. The van der Waals surface area contributed by atoms with Crippen LogP contribution in [0.4, 0.5) is 5.69 Å². The van der Waals surface area contributed by atoms with Gasteiger partial charge in [0.1, 0.15) is 11.6 Å². The number of nitrogens with two attached hydrogens (primary N) is 1. The van der Waals surface area contributed by atoms with Gasteiger partial charge in [0.15, 0.2) is 11.5 Å². The first-order valence-electron chi connectivity index (χ1n) is 10.4. The smallest absolute Gasteiger partial charge is 0.160 e. The number of aromatic hydroxyl groups is 2. The number of nitrogens with one attached hydrogen (secondary N) is 2. The molecule has 2 aliphatic rings. The van der Waals surface area contributed by atoms with Gasteiger partial charge in [-0.05, 0) is 83.5 Å². The zero-order valence-corrected chi connectivity index (χ0v) is 17.2. The standard InChI is InChI=1S/C25H25N3O3/c1-31-22-12-14(4-9-21(22)30)24-18-6-2-13-10-16(29)5-7-17(13)23(18)19-11-15(25(26)27)3-8-20(19)28-24/h3-5,7-12,18,23-24,28-30H,2,6H2,1H3,(H3,26,27). The number of benzene rings is 3. The van der Waals surface area contributed by atoms with Gasteiger partial charge in [-0.3, -0.25) is 5.41 Å². The molecule has 31 heavy (non-hydrogen) atoms. The number of rotatable bonds is 3. The number of phenolic OH excluding ortho intramolecular Hbond substituents is 2. The Labute approximate surface area is 180 Å². The van der Waals surface area contributed by atoms with Crippen LogP contribution < -0.4 is 15.8 Å². The van der Waals surface area contributed by atoms with Gasteiger partial charge in [0.05, 0.1) is 13.2 Å². The average Bonchev–Trinajstić information content (AvgIpc) is 2.77. The van der Waals surface area contributed by atoms with Crippen LogP contribution in [0, 0.1) is 11.3 Å². The number of fused-ring (bicyclic) bond motifs is 5. The lowest BCUT2D eigenvalue weighted by Crippen LogP contribution is -2.35. The third kappa shape index (κ3) is 3.15. The van der Waals surface area contributed by atoms with E-state index in [4.69, 9.17) is 15.9 Å². The summed E-state index contributed by atoms with van der Waals surface area (Å²) in [6.07, 6.45) is 1.81. The van der Waals surface area contributed by atoms with Crippen molar-refractivity contribution in [3.63, 3.8) is 0 Å². The van der Waals surface area contributed by atoms with Gasteiger partial charge in [-0.1, -0.05) is 12.1 Å².